The average molecular weight is 538 g/mol. The van der Waals surface area contributed by atoms with Gasteiger partial charge in [0.2, 0.25) is 23.6 Å². The van der Waals surface area contributed by atoms with Crippen LogP contribution in [-0.2, 0) is 35.2 Å². The molecule has 0 radical (unpaired) electrons. The van der Waals surface area contributed by atoms with Gasteiger partial charge in [-0.05, 0) is 36.5 Å². The highest BCUT2D eigenvalue weighted by molar-refractivity contribution is 5.95. The van der Waals surface area contributed by atoms with Crippen LogP contribution in [0.1, 0.15) is 45.1 Å². The zero-order chi connectivity index (χ0) is 29.0. The van der Waals surface area contributed by atoms with Crippen molar-refractivity contribution in [3.8, 4) is 5.75 Å². The first-order valence-corrected chi connectivity index (χ1v) is 11.9. The summed E-state index contributed by atoms with van der Waals surface area (Å²) in [5.41, 5.74) is 11.2. The maximum atomic E-state index is 13.2. The van der Waals surface area contributed by atoms with Gasteiger partial charge in [0, 0.05) is 12.8 Å². The summed E-state index contributed by atoms with van der Waals surface area (Å²) in [6.07, 6.45) is -1.32. The highest BCUT2D eigenvalue weighted by Crippen LogP contribution is 2.13. The normalized spacial score (nSPS) is 14.0. The summed E-state index contributed by atoms with van der Waals surface area (Å²) in [7, 11) is 0. The maximum absolute atomic E-state index is 13.2. The first-order valence-electron chi connectivity index (χ1n) is 11.9. The third kappa shape index (κ3) is 11.7. The van der Waals surface area contributed by atoms with Gasteiger partial charge in [0.25, 0.3) is 0 Å². The molecule has 0 aliphatic heterocycles. The number of benzene rings is 1. The van der Waals surface area contributed by atoms with E-state index in [1.54, 1.807) is 13.8 Å². The zero-order valence-corrected chi connectivity index (χ0v) is 21.2. The predicted molar refractivity (Wildman–Crippen MR) is 133 cm³/mol. The van der Waals surface area contributed by atoms with Crippen LogP contribution in [0, 0.1) is 5.92 Å². The summed E-state index contributed by atoms with van der Waals surface area (Å²) in [6.45, 7) is 3.58. The predicted octanol–water partition coefficient (Wildman–Crippen LogP) is -1.41. The smallest absolute Gasteiger partial charge is 0.326 e. The molecule has 0 saturated heterocycles. The van der Waals surface area contributed by atoms with Gasteiger partial charge in [-0.2, -0.15) is 0 Å². The quantitative estimate of drug-likeness (QED) is 0.122. The molecule has 38 heavy (non-hydrogen) atoms. The molecule has 0 heterocycles. The van der Waals surface area contributed by atoms with Crippen LogP contribution in [0.15, 0.2) is 24.3 Å². The second kappa shape index (κ2) is 15.1. The van der Waals surface area contributed by atoms with E-state index in [4.69, 9.17) is 16.6 Å². The van der Waals surface area contributed by atoms with E-state index in [9.17, 15) is 39.0 Å². The number of rotatable bonds is 16. The highest BCUT2D eigenvalue weighted by atomic mass is 16.4. The van der Waals surface area contributed by atoms with Gasteiger partial charge in [0.05, 0.1) is 12.5 Å². The minimum atomic E-state index is -1.53. The summed E-state index contributed by atoms with van der Waals surface area (Å²) in [4.78, 5) is 72.2. The van der Waals surface area contributed by atoms with Crippen LogP contribution in [0.25, 0.3) is 0 Å². The third-order valence-corrected chi connectivity index (χ3v) is 5.37. The lowest BCUT2D eigenvalue weighted by molar-refractivity contribution is -0.143. The van der Waals surface area contributed by atoms with Crippen LogP contribution < -0.4 is 27.4 Å². The molecule has 0 aliphatic rings. The van der Waals surface area contributed by atoms with Gasteiger partial charge in [-0.15, -0.1) is 0 Å². The lowest BCUT2D eigenvalue weighted by atomic mass is 10.00. The van der Waals surface area contributed by atoms with E-state index in [1.165, 1.54) is 24.3 Å². The lowest BCUT2D eigenvalue weighted by Gasteiger charge is -2.26. The topological polar surface area (TPSA) is 251 Å². The van der Waals surface area contributed by atoms with E-state index < -0.39 is 72.6 Å². The summed E-state index contributed by atoms with van der Waals surface area (Å²) in [5, 5.41) is 35.0. The van der Waals surface area contributed by atoms with Gasteiger partial charge < -0.3 is 42.7 Å². The summed E-state index contributed by atoms with van der Waals surface area (Å²) in [6, 6.07) is 0.409. The fraction of sp³-hybridized carbons (Fsp3) is 0.500. The van der Waals surface area contributed by atoms with E-state index in [1.807, 2.05) is 0 Å². The van der Waals surface area contributed by atoms with Crippen molar-refractivity contribution in [1.29, 1.82) is 0 Å². The first kappa shape index (κ1) is 31.8. The van der Waals surface area contributed by atoms with E-state index in [2.05, 4.69) is 16.0 Å². The van der Waals surface area contributed by atoms with Crippen molar-refractivity contribution in [3.63, 3.8) is 0 Å². The van der Waals surface area contributed by atoms with Gasteiger partial charge in [0.1, 0.15) is 23.9 Å². The number of carbonyl (C=O) groups is 6. The number of aromatic hydroxyl groups is 1. The number of hydrogen-bond acceptors (Lipinski definition) is 8. The fourth-order valence-corrected chi connectivity index (χ4v) is 3.44. The minimum Gasteiger partial charge on any atom is -0.508 e. The number of hydrogen-bond donors (Lipinski definition) is 8. The number of nitrogens with one attached hydrogen (secondary N) is 3. The Morgan fingerprint density at radius 3 is 1.87 bits per heavy atom. The van der Waals surface area contributed by atoms with E-state index >= 15 is 0 Å². The van der Waals surface area contributed by atoms with Crippen molar-refractivity contribution in [2.45, 2.75) is 70.1 Å². The zero-order valence-electron chi connectivity index (χ0n) is 21.2. The Labute approximate surface area is 219 Å². The molecule has 1 aromatic carbocycles. The molecule has 4 unspecified atom stereocenters. The second-order valence-electron chi connectivity index (χ2n) is 9.23. The van der Waals surface area contributed by atoms with Gasteiger partial charge in [-0.3, -0.25) is 24.0 Å². The van der Waals surface area contributed by atoms with Crippen LogP contribution in [0.3, 0.4) is 0 Å². The number of nitrogens with two attached hydrogens (primary N) is 2. The molecule has 14 heteroatoms. The molecular formula is C24H35N5O9. The SMILES string of the molecule is CC(C)CC(NC(=O)C(N)CC(N)=O)C(=O)NC(Cc1ccc(O)cc1)C(=O)NC(CCC(=O)O)C(=O)O. The number of amides is 4. The number of primary amides is 1. The average Bonchev–Trinajstić information content (AvgIpc) is 2.80. The maximum Gasteiger partial charge on any atom is 0.326 e. The van der Waals surface area contributed by atoms with Gasteiger partial charge in [-0.1, -0.05) is 26.0 Å². The van der Waals surface area contributed by atoms with Crippen LogP contribution in [-0.4, -0.2) is 75.1 Å². The van der Waals surface area contributed by atoms with Crippen molar-refractivity contribution in [3.05, 3.63) is 29.8 Å². The van der Waals surface area contributed by atoms with Gasteiger partial charge in [0.15, 0.2) is 0 Å². The molecule has 10 N–H and O–H groups in total. The summed E-state index contributed by atoms with van der Waals surface area (Å²) in [5.74, 6) is -6.11. The highest BCUT2D eigenvalue weighted by Gasteiger charge is 2.31. The van der Waals surface area contributed by atoms with Crippen molar-refractivity contribution < 1.29 is 44.1 Å². The lowest BCUT2D eigenvalue weighted by Crippen LogP contribution is -2.58. The number of carboxylic acid groups (broad SMARTS) is 2. The molecular weight excluding hydrogens is 502 g/mol. The molecule has 1 aromatic rings. The van der Waals surface area contributed by atoms with Gasteiger partial charge >= 0.3 is 11.9 Å². The molecule has 0 saturated carbocycles. The number of carboxylic acids is 2. The Hall–Kier alpha value is -4.20. The monoisotopic (exact) mass is 537 g/mol. The van der Waals surface area contributed by atoms with Crippen molar-refractivity contribution in [2.75, 3.05) is 0 Å². The van der Waals surface area contributed by atoms with Crippen molar-refractivity contribution in [1.82, 2.24) is 16.0 Å². The Kier molecular flexibility index (Phi) is 12.7. The van der Waals surface area contributed by atoms with Crippen LogP contribution >= 0.6 is 0 Å². The van der Waals surface area contributed by atoms with Gasteiger partial charge in [-0.25, -0.2) is 4.79 Å². The third-order valence-electron chi connectivity index (χ3n) is 5.37. The molecule has 4 amide bonds. The first-order chi connectivity index (χ1) is 17.7. The number of phenols is 1. The Balaban J connectivity index is 3.17. The molecule has 0 bridgehead atoms. The van der Waals surface area contributed by atoms with E-state index in [0.717, 1.165) is 0 Å². The van der Waals surface area contributed by atoms with Crippen LogP contribution in [0.5, 0.6) is 5.75 Å². The Bertz CT molecular complexity index is 1010. The van der Waals surface area contributed by atoms with Crippen LogP contribution in [0.4, 0.5) is 0 Å². The molecule has 1 rings (SSSR count). The number of carbonyl (C=O) groups excluding carboxylic acids is 4. The van der Waals surface area contributed by atoms with Crippen molar-refractivity contribution in [2.24, 2.45) is 17.4 Å². The fourth-order valence-electron chi connectivity index (χ4n) is 3.44. The van der Waals surface area contributed by atoms with Crippen molar-refractivity contribution >= 4 is 35.6 Å². The molecule has 14 nitrogen and oxygen atoms in total. The van der Waals surface area contributed by atoms with E-state index in [-0.39, 0.29) is 30.9 Å². The standard InChI is InChI=1S/C24H35N5O9/c1-12(2)9-17(28-21(34)15(25)11-19(26)31)22(35)29-18(10-13-3-5-14(30)6-4-13)23(36)27-16(24(37)38)7-8-20(32)33/h3-6,12,15-18,30H,7-11,25H2,1-2H3,(H2,26,31)(H,27,36)(H,28,34)(H,29,35)(H,32,33)(H,37,38). The molecule has 0 spiro atoms. The molecule has 4 atom stereocenters. The molecule has 0 fully saturated rings. The second-order valence-corrected chi connectivity index (χ2v) is 9.23. The Morgan fingerprint density at radius 1 is 0.842 bits per heavy atom. The van der Waals surface area contributed by atoms with Crippen LogP contribution in [0.2, 0.25) is 0 Å². The largest absolute Gasteiger partial charge is 0.508 e. The number of aliphatic carboxylic acids is 2. The summed E-state index contributed by atoms with van der Waals surface area (Å²) < 4.78 is 0. The number of phenolic OH excluding ortho intramolecular Hbond substituents is 1. The molecule has 210 valence electrons. The minimum absolute atomic E-state index is 0.0367. The molecule has 0 aliphatic carbocycles. The van der Waals surface area contributed by atoms with E-state index in [0.29, 0.717) is 5.56 Å². The molecule has 0 aromatic heterocycles. The Morgan fingerprint density at radius 2 is 1.37 bits per heavy atom. The summed E-state index contributed by atoms with van der Waals surface area (Å²) >= 11 is 0.